The van der Waals surface area contributed by atoms with Gasteiger partial charge in [-0.25, -0.2) is 19.0 Å². The Kier molecular flexibility index (Phi) is 15.8. The Morgan fingerprint density at radius 2 is 1.66 bits per heavy atom. The molecule has 2 aromatic heterocycles. The largest absolute Gasteiger partial charge is 0.491 e. The summed E-state index contributed by atoms with van der Waals surface area (Å²) >= 11 is 0. The maximum absolute atomic E-state index is 17.1. The number of nitrogens with one attached hydrogen (secondary N) is 2. The lowest BCUT2D eigenvalue weighted by Gasteiger charge is -2.37. The molecule has 4 amide bonds. The molecule has 2 aromatic carbocycles. The molecule has 1 aliphatic carbocycles. The first-order valence-electron chi connectivity index (χ1n) is 28.2. The molecule has 5 aliphatic heterocycles. The van der Waals surface area contributed by atoms with E-state index in [0.717, 1.165) is 31.9 Å². The van der Waals surface area contributed by atoms with Crippen LogP contribution < -0.4 is 20.4 Å². The van der Waals surface area contributed by atoms with Gasteiger partial charge in [0.1, 0.15) is 36.1 Å². The van der Waals surface area contributed by atoms with Gasteiger partial charge in [0, 0.05) is 95.3 Å². The first kappa shape index (κ1) is 55.9. The number of hydrazine groups is 1. The Labute approximate surface area is 461 Å². The zero-order valence-electron chi connectivity index (χ0n) is 47.1. The number of benzene rings is 2. The van der Waals surface area contributed by atoms with E-state index in [0.29, 0.717) is 74.9 Å². The molecule has 4 aromatic rings. The summed E-state index contributed by atoms with van der Waals surface area (Å²) in [7, 11) is 3.16. The van der Waals surface area contributed by atoms with Gasteiger partial charge >= 0.3 is 12.1 Å². The number of ether oxygens (including phenoxy) is 4. The van der Waals surface area contributed by atoms with Crippen molar-refractivity contribution in [3.63, 3.8) is 0 Å². The van der Waals surface area contributed by atoms with E-state index >= 15 is 8.78 Å². The molecular weight excluding hydrogens is 1020 g/mol. The quantitative estimate of drug-likeness (QED) is 0.179. The number of piperazine rings is 1. The van der Waals surface area contributed by atoms with Gasteiger partial charge in [0.05, 0.1) is 41.3 Å². The highest BCUT2D eigenvalue weighted by Gasteiger charge is 2.47. The molecule has 6 atom stereocenters. The second-order valence-corrected chi connectivity index (χ2v) is 23.7. The molecule has 0 spiro atoms. The first-order valence-corrected chi connectivity index (χ1v) is 28.2. The van der Waals surface area contributed by atoms with Crippen LogP contribution >= 0.6 is 0 Å². The van der Waals surface area contributed by atoms with E-state index < -0.39 is 90.5 Å². The number of fused-ring (bicyclic) bond motifs is 8. The third kappa shape index (κ3) is 11.6. The second kappa shape index (κ2) is 22.3. The molecule has 4 fully saturated rings. The summed E-state index contributed by atoms with van der Waals surface area (Å²) < 4.78 is 60.3. The van der Waals surface area contributed by atoms with Crippen molar-refractivity contribution < 1.29 is 51.7 Å². The van der Waals surface area contributed by atoms with Crippen molar-refractivity contribution in [2.24, 2.45) is 11.8 Å². The van der Waals surface area contributed by atoms with E-state index in [2.05, 4.69) is 26.6 Å². The first-order chi connectivity index (χ1) is 37.6. The third-order valence-corrected chi connectivity index (χ3v) is 16.7. The van der Waals surface area contributed by atoms with Gasteiger partial charge in [-0.3, -0.25) is 34.1 Å². The molecule has 0 radical (unpaired) electrons. The van der Waals surface area contributed by atoms with Crippen LogP contribution in [0.25, 0.3) is 33.3 Å². The van der Waals surface area contributed by atoms with Crippen LogP contribution in [0.4, 0.5) is 19.3 Å². The number of aryl methyl sites for hydroxylation is 1. The van der Waals surface area contributed by atoms with Gasteiger partial charge in [-0.05, 0) is 125 Å². The zero-order valence-corrected chi connectivity index (χ0v) is 47.1. The summed E-state index contributed by atoms with van der Waals surface area (Å²) in [5.41, 5.74) is 7.71. The number of hydrogen-bond acceptors (Lipinski definition) is 13. The molecule has 3 saturated heterocycles. The van der Waals surface area contributed by atoms with Crippen molar-refractivity contribution in [2.75, 3.05) is 71.5 Å². The van der Waals surface area contributed by atoms with Gasteiger partial charge in [-0.2, -0.15) is 0 Å². The molecule has 20 heteroatoms. The minimum atomic E-state index is -3.58. The summed E-state index contributed by atoms with van der Waals surface area (Å²) in [5, 5.41) is 4.81. The van der Waals surface area contributed by atoms with E-state index in [-0.39, 0.29) is 44.9 Å². The highest BCUT2D eigenvalue weighted by Crippen LogP contribution is 2.44. The number of anilines is 1. The fourth-order valence-corrected chi connectivity index (χ4v) is 12.5. The predicted octanol–water partition coefficient (Wildman–Crippen LogP) is 7.14. The Morgan fingerprint density at radius 3 is 2.35 bits per heavy atom. The summed E-state index contributed by atoms with van der Waals surface area (Å²) in [4.78, 5) is 85.1. The molecule has 8 bridgehead atoms. The number of alkyl halides is 2. The van der Waals surface area contributed by atoms with Crippen LogP contribution in [0.1, 0.15) is 103 Å². The van der Waals surface area contributed by atoms with Crippen LogP contribution in [0.3, 0.4) is 0 Å². The number of esters is 1. The molecule has 6 aliphatic rings. The van der Waals surface area contributed by atoms with Crippen molar-refractivity contribution in [3.05, 3.63) is 65.5 Å². The summed E-state index contributed by atoms with van der Waals surface area (Å²) in [5.74, 6) is -6.87. The average Bonchev–Trinajstić information content (AvgIpc) is 4.17. The van der Waals surface area contributed by atoms with Crippen LogP contribution in [0, 0.1) is 11.8 Å². The van der Waals surface area contributed by atoms with Crippen LogP contribution in [0.2, 0.25) is 0 Å². The van der Waals surface area contributed by atoms with E-state index in [4.69, 9.17) is 23.9 Å². The topological polar surface area (TPSA) is 180 Å². The van der Waals surface area contributed by atoms with Gasteiger partial charge in [0.25, 0.3) is 11.8 Å². The normalized spacial score (nSPS) is 25.0. The second-order valence-electron chi connectivity index (χ2n) is 23.7. The molecule has 426 valence electrons. The fourth-order valence-electron chi connectivity index (χ4n) is 12.5. The summed E-state index contributed by atoms with van der Waals surface area (Å²) in [6.45, 7) is 15.7. The number of carbonyl (C=O) groups is 5. The number of likely N-dealkylation sites (N-methyl/N-ethyl adjacent to an activating group) is 1. The molecule has 1 saturated carbocycles. The number of hydrogen-bond donors (Lipinski definition) is 2. The highest BCUT2D eigenvalue weighted by atomic mass is 19.3. The third-order valence-electron chi connectivity index (χ3n) is 16.7. The van der Waals surface area contributed by atoms with Crippen LogP contribution in [0.15, 0.2) is 48.7 Å². The molecule has 7 heterocycles. The lowest BCUT2D eigenvalue weighted by atomic mass is 9.93. The Morgan fingerprint density at radius 1 is 0.899 bits per heavy atom. The van der Waals surface area contributed by atoms with Gasteiger partial charge in [-0.1, -0.05) is 26.0 Å². The van der Waals surface area contributed by atoms with Crippen LogP contribution in [-0.4, -0.2) is 167 Å². The van der Waals surface area contributed by atoms with Crippen molar-refractivity contribution >= 4 is 46.4 Å². The van der Waals surface area contributed by atoms with Gasteiger partial charge in [0.2, 0.25) is 11.8 Å². The number of nitrogens with zero attached hydrogens (tertiary/aromatic N) is 7. The SMILES string of the molecule is CCn1c(-c2cc(N3CCN(C4CC4)CC3)cnc2[C@H](C)OC)c2c3cc(ccc31)-c1cc3cc(c1)OC[C@@H]1[C@H](CCN1C(=O)OC(C)(C)C)C(=O)N(C)[C@@H](C(C)C)C(=O)N[C@@H](C3)C(=O)N1CCC[C@H](N1)C(=O)OCC(F)(F)C2. The fraction of sp³-hybridized carbons (Fsp3) is 0.593. The smallest absolute Gasteiger partial charge is 0.410 e. The summed E-state index contributed by atoms with van der Waals surface area (Å²) in [6, 6.07) is 9.75. The Bertz CT molecular complexity index is 2980. The monoisotopic (exact) mass is 1090 g/mol. The molecule has 79 heavy (non-hydrogen) atoms. The zero-order chi connectivity index (χ0) is 56.2. The molecule has 2 N–H and O–H groups in total. The predicted molar refractivity (Wildman–Crippen MR) is 293 cm³/mol. The minimum Gasteiger partial charge on any atom is -0.491 e. The number of amides is 4. The van der Waals surface area contributed by atoms with E-state index in [9.17, 15) is 24.0 Å². The Hall–Kier alpha value is -6.38. The maximum atomic E-state index is 17.1. The van der Waals surface area contributed by atoms with Gasteiger partial charge in [0.15, 0.2) is 6.61 Å². The Balaban J connectivity index is 1.15. The summed E-state index contributed by atoms with van der Waals surface area (Å²) in [6.07, 6.45) is 3.18. The van der Waals surface area contributed by atoms with E-state index in [1.54, 1.807) is 41.0 Å². The minimum absolute atomic E-state index is 0.0455. The number of cyclic esters (lactones) is 1. The standard InChI is InChI=1S/C59H77F2N9O9/c1-10-68-48-16-13-37-28-43(48)45(52(68)44-29-40(31-62-50(44)35(4)76-9)67-22-20-66(21-23-67)39-14-15-39)30-59(60,61)33-78-56(74)46-12-11-18-70(64-46)55(73)47-26-36-24-38(37)27-41(25-36)77-32-49-42(17-19-69(49)57(75)79-58(5,6)7)54(72)65(8)51(34(2)3)53(71)63-47/h13,16,24-25,27-29,31,34-35,39,42,46-47,49,51,64H,10-12,14-15,17-23,26,30,32-33H2,1-9H3,(H,63,71)/t35-,42-,46-,47-,49+,51-/m0/s1. The lowest BCUT2D eigenvalue weighted by Crippen LogP contribution is -2.62. The lowest BCUT2D eigenvalue weighted by molar-refractivity contribution is -0.162. The van der Waals surface area contributed by atoms with Gasteiger partial charge in [-0.15, -0.1) is 0 Å². The van der Waals surface area contributed by atoms with Crippen molar-refractivity contribution in [1.82, 2.24) is 40.0 Å². The van der Waals surface area contributed by atoms with E-state index in [1.807, 2.05) is 68.8 Å². The number of halogens is 2. The average molecular weight is 1090 g/mol. The maximum Gasteiger partial charge on any atom is 0.410 e. The number of carbonyl (C=O) groups excluding carboxylic acids is 5. The van der Waals surface area contributed by atoms with Crippen molar-refractivity contribution in [3.8, 4) is 28.1 Å². The van der Waals surface area contributed by atoms with Crippen molar-refractivity contribution in [1.29, 1.82) is 0 Å². The number of likely N-dealkylation sites (tertiary alicyclic amines) is 1. The van der Waals surface area contributed by atoms with Crippen LogP contribution in [-0.2, 0) is 52.8 Å². The number of aromatic nitrogens is 2. The number of rotatable bonds is 7. The van der Waals surface area contributed by atoms with Crippen LogP contribution in [0.5, 0.6) is 5.75 Å². The molecular formula is C59H77F2N9O9. The number of pyridine rings is 1. The highest BCUT2D eigenvalue weighted by molar-refractivity contribution is 5.96. The molecule has 18 nitrogen and oxygen atoms in total. The number of methoxy groups -OCH3 is 1. The van der Waals surface area contributed by atoms with E-state index in [1.165, 1.54) is 27.7 Å². The molecule has 10 rings (SSSR count). The van der Waals surface area contributed by atoms with Crippen molar-refractivity contribution in [2.45, 2.75) is 148 Å². The molecule has 0 unspecified atom stereocenters. The van der Waals surface area contributed by atoms with Gasteiger partial charge < -0.3 is 43.5 Å².